The van der Waals surface area contributed by atoms with Crippen molar-refractivity contribution < 1.29 is 4.74 Å². The molecule has 2 bridgehead atoms. The first kappa shape index (κ1) is 12.8. The van der Waals surface area contributed by atoms with E-state index in [0.29, 0.717) is 6.61 Å². The van der Waals surface area contributed by atoms with Crippen LogP contribution < -0.4 is 5.73 Å². The lowest BCUT2D eigenvalue weighted by molar-refractivity contribution is 0.0407. The predicted octanol–water partition coefficient (Wildman–Crippen LogP) is 1.45. The van der Waals surface area contributed by atoms with Crippen molar-refractivity contribution in [2.24, 2.45) is 17.6 Å². The van der Waals surface area contributed by atoms with Crippen LogP contribution in [0.3, 0.4) is 0 Å². The first-order valence-corrected chi connectivity index (χ1v) is 6.83. The van der Waals surface area contributed by atoms with E-state index in [2.05, 4.69) is 4.90 Å². The van der Waals surface area contributed by atoms with Crippen molar-refractivity contribution in [1.29, 1.82) is 5.41 Å². The molecular weight excluding hydrogens is 214 g/mol. The maximum atomic E-state index is 7.27. The number of piperidine rings is 1. The summed E-state index contributed by atoms with van der Waals surface area (Å²) >= 11 is 0. The highest BCUT2D eigenvalue weighted by Gasteiger charge is 2.30. The van der Waals surface area contributed by atoms with Crippen LogP contribution >= 0.6 is 0 Å². The molecule has 0 spiro atoms. The second-order valence-corrected chi connectivity index (χ2v) is 5.63. The number of nitrogens with zero attached hydrogens (tertiary/aromatic N) is 1. The van der Waals surface area contributed by atoms with Gasteiger partial charge in [-0.15, -0.1) is 0 Å². The van der Waals surface area contributed by atoms with Crippen molar-refractivity contribution >= 4 is 5.84 Å². The van der Waals surface area contributed by atoms with Gasteiger partial charge in [0, 0.05) is 19.6 Å². The number of hydrogen-bond acceptors (Lipinski definition) is 3. The molecule has 1 saturated carbocycles. The van der Waals surface area contributed by atoms with Gasteiger partial charge in [-0.05, 0) is 38.0 Å². The Kier molecular flexibility index (Phi) is 4.40. The summed E-state index contributed by atoms with van der Waals surface area (Å²) < 4.78 is 5.54. The summed E-state index contributed by atoms with van der Waals surface area (Å²) in [5, 5.41) is 7.27. The van der Waals surface area contributed by atoms with Crippen molar-refractivity contribution in [2.45, 2.75) is 38.7 Å². The second kappa shape index (κ2) is 5.83. The molecular formula is C13H25N3O. The van der Waals surface area contributed by atoms with Gasteiger partial charge in [-0.1, -0.05) is 6.42 Å². The van der Waals surface area contributed by atoms with E-state index >= 15 is 0 Å². The molecule has 0 amide bonds. The number of amidine groups is 1. The minimum Gasteiger partial charge on any atom is -0.385 e. The SMILES string of the molecule is CC(OCCN1CC2CCCC(C2)C1)C(=N)N. The molecule has 98 valence electrons. The summed E-state index contributed by atoms with van der Waals surface area (Å²) in [7, 11) is 0. The monoisotopic (exact) mass is 239 g/mol. The molecule has 1 aliphatic heterocycles. The molecule has 2 fully saturated rings. The third kappa shape index (κ3) is 3.68. The normalized spacial score (nSPS) is 31.1. The Morgan fingerprint density at radius 2 is 2.06 bits per heavy atom. The van der Waals surface area contributed by atoms with Gasteiger partial charge < -0.3 is 15.4 Å². The van der Waals surface area contributed by atoms with Gasteiger partial charge in [0.25, 0.3) is 0 Å². The fourth-order valence-corrected chi connectivity index (χ4v) is 3.17. The van der Waals surface area contributed by atoms with Crippen molar-refractivity contribution in [2.75, 3.05) is 26.2 Å². The highest BCUT2D eigenvalue weighted by molar-refractivity contribution is 5.81. The smallest absolute Gasteiger partial charge is 0.120 e. The number of fused-ring (bicyclic) bond motifs is 2. The molecule has 1 aliphatic carbocycles. The maximum Gasteiger partial charge on any atom is 0.120 e. The first-order chi connectivity index (χ1) is 8.15. The lowest BCUT2D eigenvalue weighted by Gasteiger charge is -2.41. The summed E-state index contributed by atoms with van der Waals surface area (Å²) in [5.41, 5.74) is 5.37. The molecule has 0 aromatic heterocycles. The fraction of sp³-hybridized carbons (Fsp3) is 0.923. The zero-order valence-corrected chi connectivity index (χ0v) is 10.8. The number of hydrogen-bond donors (Lipinski definition) is 2. The second-order valence-electron chi connectivity index (χ2n) is 5.63. The summed E-state index contributed by atoms with van der Waals surface area (Å²) in [5.74, 6) is 1.97. The highest BCUT2D eigenvalue weighted by atomic mass is 16.5. The minimum absolute atomic E-state index is 0.125. The van der Waals surface area contributed by atoms with E-state index < -0.39 is 0 Å². The van der Waals surface area contributed by atoms with Crippen molar-refractivity contribution in [3.63, 3.8) is 0 Å². The van der Waals surface area contributed by atoms with Crippen LogP contribution in [0.15, 0.2) is 0 Å². The molecule has 0 aromatic rings. The standard InChI is InChI=1S/C13H25N3O/c1-10(13(14)15)17-6-5-16-8-11-3-2-4-12(7-11)9-16/h10-12H,2-9H2,1H3,(H3,14,15). The van der Waals surface area contributed by atoms with Crippen LogP contribution in [0.5, 0.6) is 0 Å². The third-order valence-corrected chi connectivity index (χ3v) is 4.14. The molecule has 17 heavy (non-hydrogen) atoms. The van der Waals surface area contributed by atoms with E-state index in [1.807, 2.05) is 6.92 Å². The van der Waals surface area contributed by atoms with Gasteiger partial charge >= 0.3 is 0 Å². The lowest BCUT2D eigenvalue weighted by atomic mass is 9.78. The molecule has 2 rings (SSSR count). The zero-order chi connectivity index (χ0) is 12.3. The largest absolute Gasteiger partial charge is 0.385 e. The molecule has 0 aromatic carbocycles. The number of nitrogens with one attached hydrogen (secondary N) is 1. The van der Waals surface area contributed by atoms with Gasteiger partial charge in [-0.3, -0.25) is 5.41 Å². The van der Waals surface area contributed by atoms with Gasteiger partial charge in [0.15, 0.2) is 0 Å². The van der Waals surface area contributed by atoms with Crippen LogP contribution in [-0.2, 0) is 4.74 Å². The Labute approximate surface area is 104 Å². The molecule has 0 radical (unpaired) electrons. The zero-order valence-electron chi connectivity index (χ0n) is 10.8. The first-order valence-electron chi connectivity index (χ1n) is 6.83. The fourth-order valence-electron chi connectivity index (χ4n) is 3.17. The lowest BCUT2D eigenvalue weighted by Crippen LogP contribution is -2.44. The van der Waals surface area contributed by atoms with Crippen molar-refractivity contribution in [3.8, 4) is 0 Å². The summed E-state index contributed by atoms with van der Waals surface area (Å²) in [6.45, 7) is 6.01. The van der Waals surface area contributed by atoms with Gasteiger partial charge in [-0.25, -0.2) is 0 Å². The summed E-state index contributed by atoms with van der Waals surface area (Å²) in [4.78, 5) is 2.53. The van der Waals surface area contributed by atoms with Crippen LogP contribution in [0.2, 0.25) is 0 Å². The minimum atomic E-state index is -0.237. The molecule has 3 unspecified atom stereocenters. The van der Waals surface area contributed by atoms with Gasteiger partial charge in [0.05, 0.1) is 6.61 Å². The van der Waals surface area contributed by atoms with Crippen LogP contribution in [0.1, 0.15) is 32.6 Å². The van der Waals surface area contributed by atoms with E-state index in [1.54, 1.807) is 0 Å². The number of ether oxygens (including phenoxy) is 1. The van der Waals surface area contributed by atoms with Crippen LogP contribution in [0.4, 0.5) is 0 Å². The quantitative estimate of drug-likeness (QED) is 0.564. The van der Waals surface area contributed by atoms with Crippen LogP contribution in [0, 0.1) is 17.2 Å². The maximum absolute atomic E-state index is 7.27. The van der Waals surface area contributed by atoms with E-state index in [9.17, 15) is 0 Å². The average Bonchev–Trinajstić information content (AvgIpc) is 2.28. The molecule has 3 N–H and O–H groups in total. The van der Waals surface area contributed by atoms with Crippen molar-refractivity contribution in [1.82, 2.24) is 4.90 Å². The highest BCUT2D eigenvalue weighted by Crippen LogP contribution is 2.34. The van der Waals surface area contributed by atoms with E-state index in [1.165, 1.54) is 38.8 Å². The topological polar surface area (TPSA) is 62.3 Å². The average molecular weight is 239 g/mol. The molecule has 4 heteroatoms. The molecule has 1 saturated heterocycles. The Morgan fingerprint density at radius 1 is 1.41 bits per heavy atom. The Bertz CT molecular complexity index is 257. The Hall–Kier alpha value is -0.610. The van der Waals surface area contributed by atoms with Gasteiger partial charge in [0.1, 0.15) is 11.9 Å². The van der Waals surface area contributed by atoms with Gasteiger partial charge in [0.2, 0.25) is 0 Å². The summed E-state index contributed by atoms with van der Waals surface area (Å²) in [6.07, 6.45) is 5.47. The number of likely N-dealkylation sites (tertiary alicyclic amines) is 1. The predicted molar refractivity (Wildman–Crippen MR) is 69.2 cm³/mol. The third-order valence-electron chi connectivity index (χ3n) is 4.14. The number of rotatable bonds is 5. The Morgan fingerprint density at radius 3 is 2.65 bits per heavy atom. The van der Waals surface area contributed by atoms with E-state index in [-0.39, 0.29) is 11.9 Å². The van der Waals surface area contributed by atoms with E-state index in [4.69, 9.17) is 15.9 Å². The Balaban J connectivity index is 1.68. The number of nitrogens with two attached hydrogens (primary N) is 1. The van der Waals surface area contributed by atoms with E-state index in [0.717, 1.165) is 18.4 Å². The van der Waals surface area contributed by atoms with Gasteiger partial charge in [-0.2, -0.15) is 0 Å². The molecule has 4 nitrogen and oxygen atoms in total. The van der Waals surface area contributed by atoms with Crippen LogP contribution in [0.25, 0.3) is 0 Å². The molecule has 2 aliphatic rings. The van der Waals surface area contributed by atoms with Crippen LogP contribution in [-0.4, -0.2) is 43.1 Å². The van der Waals surface area contributed by atoms with Crippen molar-refractivity contribution in [3.05, 3.63) is 0 Å². The molecule has 3 atom stereocenters. The molecule has 1 heterocycles. The summed E-state index contributed by atoms with van der Waals surface area (Å²) in [6, 6.07) is 0.